The van der Waals surface area contributed by atoms with E-state index in [0.29, 0.717) is 5.75 Å². The third-order valence-corrected chi connectivity index (χ3v) is 7.33. The number of nitrogens with zero attached hydrogens (tertiary/aromatic N) is 1. The van der Waals surface area contributed by atoms with Crippen LogP contribution in [-0.2, 0) is 30.5 Å². The molecule has 0 spiro atoms. The van der Waals surface area contributed by atoms with E-state index < -0.39 is 39.7 Å². The van der Waals surface area contributed by atoms with Crippen molar-refractivity contribution in [2.24, 2.45) is 0 Å². The molecule has 174 valence electrons. The van der Waals surface area contributed by atoms with Crippen molar-refractivity contribution in [3.63, 3.8) is 0 Å². The van der Waals surface area contributed by atoms with Gasteiger partial charge in [-0.2, -0.15) is 0 Å². The highest BCUT2D eigenvalue weighted by Crippen LogP contribution is 2.55. The zero-order valence-corrected chi connectivity index (χ0v) is 19.5. The van der Waals surface area contributed by atoms with Crippen molar-refractivity contribution < 1.29 is 28.6 Å². The Morgan fingerprint density at radius 1 is 1.06 bits per heavy atom. The number of fused-ring (bicyclic) bond motifs is 1. The van der Waals surface area contributed by atoms with Crippen LogP contribution in [0.4, 0.5) is 0 Å². The fourth-order valence-corrected chi connectivity index (χ4v) is 5.75. The van der Waals surface area contributed by atoms with E-state index in [1.807, 2.05) is 50.2 Å². The zero-order valence-electron chi connectivity index (χ0n) is 18.6. The number of amides is 2. The van der Waals surface area contributed by atoms with Crippen LogP contribution >= 0.6 is 11.8 Å². The zero-order chi connectivity index (χ0) is 23.6. The molecule has 0 unspecified atom stereocenters. The molecule has 3 atom stereocenters. The highest BCUT2D eigenvalue weighted by molar-refractivity contribution is 8.01. The summed E-state index contributed by atoms with van der Waals surface area (Å²) in [5, 5.41) is 2.11. The van der Waals surface area contributed by atoms with E-state index in [0.717, 1.165) is 5.56 Å². The number of benzene rings is 2. The van der Waals surface area contributed by atoms with Crippen LogP contribution in [0.2, 0.25) is 0 Å². The first-order valence-electron chi connectivity index (χ1n) is 10.5. The molecular weight excluding hydrogens is 444 g/mol. The highest BCUT2D eigenvalue weighted by atomic mass is 32.2. The maximum atomic E-state index is 13.2. The smallest absolute Gasteiger partial charge is 0.330 e. The third kappa shape index (κ3) is 4.30. The number of rotatable bonds is 8. The number of hydrogen-bond donors (Lipinski definition) is 1. The first-order chi connectivity index (χ1) is 15.8. The lowest BCUT2D eigenvalue weighted by atomic mass is 9.93. The topological polar surface area (TPSA) is 94.2 Å². The van der Waals surface area contributed by atoms with Gasteiger partial charge in [0, 0.05) is 11.9 Å². The highest BCUT2D eigenvalue weighted by Gasteiger charge is 2.73. The minimum absolute atomic E-state index is 0.118. The average Bonchev–Trinajstić information content (AvgIpc) is 3.09. The van der Waals surface area contributed by atoms with E-state index >= 15 is 0 Å². The molecule has 0 bridgehead atoms. The Morgan fingerprint density at radius 3 is 2.33 bits per heavy atom. The van der Waals surface area contributed by atoms with Crippen molar-refractivity contribution >= 4 is 29.5 Å². The van der Waals surface area contributed by atoms with E-state index in [2.05, 4.69) is 5.32 Å². The van der Waals surface area contributed by atoms with Crippen molar-refractivity contribution in [1.29, 1.82) is 0 Å². The van der Waals surface area contributed by atoms with Gasteiger partial charge in [-0.25, -0.2) is 4.79 Å². The van der Waals surface area contributed by atoms with Gasteiger partial charge in [0.15, 0.2) is 6.61 Å². The van der Waals surface area contributed by atoms with E-state index in [-0.39, 0.29) is 13.2 Å². The number of β-lactam (4-membered cyclic amide) rings is 1. The van der Waals surface area contributed by atoms with Crippen LogP contribution in [0.25, 0.3) is 0 Å². The average molecular weight is 471 g/mol. The van der Waals surface area contributed by atoms with Gasteiger partial charge in [0.05, 0.1) is 0 Å². The molecule has 2 aliphatic rings. The Balaban J connectivity index is 1.43. The molecule has 2 amide bonds. The summed E-state index contributed by atoms with van der Waals surface area (Å²) in [6, 6.07) is 17.4. The molecule has 0 aromatic heterocycles. The Labute approximate surface area is 196 Å². The van der Waals surface area contributed by atoms with Crippen molar-refractivity contribution in [1.82, 2.24) is 10.2 Å². The van der Waals surface area contributed by atoms with Crippen molar-refractivity contribution in [2.75, 3.05) is 13.7 Å². The van der Waals surface area contributed by atoms with Crippen LogP contribution in [0, 0.1) is 0 Å². The maximum absolute atomic E-state index is 13.2. The second kappa shape index (κ2) is 9.07. The van der Waals surface area contributed by atoms with E-state index in [1.165, 1.54) is 23.8 Å². The van der Waals surface area contributed by atoms with Crippen LogP contribution in [0.5, 0.6) is 5.75 Å². The second-order valence-electron chi connectivity index (χ2n) is 8.37. The lowest BCUT2D eigenvalue weighted by Gasteiger charge is -2.51. The fraction of sp³-hybridized carbons (Fsp3) is 0.375. The Morgan fingerprint density at radius 2 is 1.70 bits per heavy atom. The van der Waals surface area contributed by atoms with Gasteiger partial charge in [-0.1, -0.05) is 48.5 Å². The molecule has 1 N–H and O–H groups in total. The van der Waals surface area contributed by atoms with Gasteiger partial charge in [-0.05, 0) is 31.5 Å². The Hall–Kier alpha value is -3.04. The molecule has 4 rings (SSSR count). The third-order valence-electron chi connectivity index (χ3n) is 5.71. The van der Waals surface area contributed by atoms with Gasteiger partial charge < -0.3 is 24.4 Å². The number of thioether (sulfide) groups is 1. The van der Waals surface area contributed by atoms with Gasteiger partial charge in [0.2, 0.25) is 0 Å². The molecule has 2 aromatic carbocycles. The molecule has 2 saturated heterocycles. The lowest BCUT2D eigenvalue weighted by Crippen LogP contribution is -2.80. The number of carbonyl (C=O) groups is 3. The standard InChI is InChI=1S/C24H26N2O6S/c1-23(2)19(20(28)32-14-16-10-6-4-7-11-16)26-21(29)24(30-3,22(26)33-23)25-18(27)15-31-17-12-8-5-9-13-17/h4-13,19,22H,14-15H2,1-3H3,(H,25,27)/t19-,22+,24-/m0/s1. The molecule has 0 radical (unpaired) electrons. The lowest BCUT2D eigenvalue weighted by molar-refractivity contribution is -0.202. The number of nitrogens with one attached hydrogen (secondary N) is 1. The summed E-state index contributed by atoms with van der Waals surface area (Å²) >= 11 is 1.39. The number of carbonyl (C=O) groups excluding carboxylic acids is 3. The van der Waals surface area contributed by atoms with Crippen molar-refractivity contribution in [2.45, 2.75) is 42.3 Å². The first kappa shape index (κ1) is 23.1. The molecular formula is C24H26N2O6S. The SMILES string of the molecule is CO[C@@]1(NC(=O)COc2ccccc2)C(=O)N2[C@@H](C(=O)OCc3ccccc3)C(C)(C)S[C@@H]21. The summed E-state index contributed by atoms with van der Waals surface area (Å²) in [5.74, 6) is -0.932. The minimum atomic E-state index is -1.56. The number of ether oxygens (including phenoxy) is 3. The van der Waals surface area contributed by atoms with Crippen LogP contribution in [-0.4, -0.2) is 58.3 Å². The van der Waals surface area contributed by atoms with E-state index in [9.17, 15) is 14.4 Å². The maximum Gasteiger partial charge on any atom is 0.330 e. The Kier molecular flexibility index (Phi) is 6.36. The number of methoxy groups -OCH3 is 1. The Bertz CT molecular complexity index is 1030. The van der Waals surface area contributed by atoms with Crippen molar-refractivity contribution in [3.8, 4) is 5.75 Å². The van der Waals surface area contributed by atoms with Crippen LogP contribution in [0.15, 0.2) is 60.7 Å². The normalized spacial score (nSPS) is 25.1. The second-order valence-corrected chi connectivity index (χ2v) is 10.1. The summed E-state index contributed by atoms with van der Waals surface area (Å²) in [5.41, 5.74) is -0.703. The van der Waals surface area contributed by atoms with Crippen molar-refractivity contribution in [3.05, 3.63) is 66.2 Å². The summed E-state index contributed by atoms with van der Waals surface area (Å²) in [6.07, 6.45) is 0. The summed E-state index contributed by atoms with van der Waals surface area (Å²) < 4.78 is 15.9. The van der Waals surface area contributed by atoms with Gasteiger partial charge in [0.25, 0.3) is 17.5 Å². The van der Waals surface area contributed by atoms with Gasteiger partial charge in [-0.15, -0.1) is 11.8 Å². The number of esters is 1. The van der Waals surface area contributed by atoms with Gasteiger partial charge in [-0.3, -0.25) is 9.59 Å². The molecule has 8 nitrogen and oxygen atoms in total. The predicted octanol–water partition coefficient (Wildman–Crippen LogP) is 2.33. The summed E-state index contributed by atoms with van der Waals surface area (Å²) in [6.45, 7) is 3.59. The first-order valence-corrected chi connectivity index (χ1v) is 11.4. The molecule has 9 heteroatoms. The van der Waals surface area contributed by atoms with E-state index in [4.69, 9.17) is 14.2 Å². The summed E-state index contributed by atoms with van der Waals surface area (Å²) in [7, 11) is 1.36. The minimum Gasteiger partial charge on any atom is -0.484 e. The molecule has 33 heavy (non-hydrogen) atoms. The monoisotopic (exact) mass is 470 g/mol. The molecule has 2 aromatic rings. The predicted molar refractivity (Wildman–Crippen MR) is 122 cm³/mol. The number of hydrogen-bond acceptors (Lipinski definition) is 7. The molecule has 2 fully saturated rings. The largest absolute Gasteiger partial charge is 0.484 e. The van der Waals surface area contributed by atoms with Crippen LogP contribution < -0.4 is 10.1 Å². The van der Waals surface area contributed by atoms with Crippen LogP contribution in [0.3, 0.4) is 0 Å². The molecule has 0 saturated carbocycles. The molecule has 0 aliphatic carbocycles. The quantitative estimate of drug-likeness (QED) is 0.360. The summed E-state index contributed by atoms with van der Waals surface area (Å²) in [4.78, 5) is 40.2. The molecule has 2 aliphatic heterocycles. The van der Waals surface area contributed by atoms with Crippen LogP contribution in [0.1, 0.15) is 19.4 Å². The number of para-hydroxylation sites is 1. The van der Waals surface area contributed by atoms with E-state index in [1.54, 1.807) is 24.3 Å². The van der Waals surface area contributed by atoms with Gasteiger partial charge in [0.1, 0.15) is 23.8 Å². The van der Waals surface area contributed by atoms with Gasteiger partial charge >= 0.3 is 5.97 Å². The fourth-order valence-electron chi connectivity index (χ4n) is 4.08. The molecule has 2 heterocycles.